The van der Waals surface area contributed by atoms with Crippen molar-refractivity contribution in [2.45, 2.75) is 133 Å². The molecule has 3 unspecified atom stereocenters. The van der Waals surface area contributed by atoms with Crippen molar-refractivity contribution in [3.8, 4) is 5.75 Å². The molecule has 11 heteroatoms. The first-order valence-corrected chi connectivity index (χ1v) is 21.5. The van der Waals surface area contributed by atoms with Crippen molar-refractivity contribution in [1.82, 2.24) is 15.1 Å². The van der Waals surface area contributed by atoms with Crippen molar-refractivity contribution in [1.29, 1.82) is 0 Å². The molecule has 3 heterocycles. The Hall–Kier alpha value is -3.77. The number of Topliss-reactive ketones (excluding diaryl/α,β-unsaturated/α-hetero) is 1. The topological polar surface area (TPSA) is 132 Å². The van der Waals surface area contributed by atoms with E-state index >= 15 is 4.39 Å². The van der Waals surface area contributed by atoms with E-state index in [4.69, 9.17) is 15.6 Å². The van der Waals surface area contributed by atoms with Gasteiger partial charge in [0.05, 0.1) is 17.9 Å². The monoisotopic (exact) mass is 798 g/mol. The zero-order chi connectivity index (χ0) is 43.1. The summed E-state index contributed by atoms with van der Waals surface area (Å²) in [7, 11) is 0. The van der Waals surface area contributed by atoms with E-state index in [0.29, 0.717) is 36.8 Å². The molecule has 3 aliphatic heterocycles. The minimum Gasteiger partial charge on any atom is -0.482 e. The van der Waals surface area contributed by atoms with Gasteiger partial charge < -0.3 is 35.8 Å². The Kier molecular flexibility index (Phi) is 25.0. The number of carbonyl (C=O) groups excluding carboxylic acids is 2. The first kappa shape index (κ1) is 51.2. The number of allylic oxidation sites excluding steroid dienone is 2. The minimum absolute atomic E-state index is 0.0315. The number of amides is 1. The van der Waals surface area contributed by atoms with Gasteiger partial charge >= 0.3 is 0 Å². The molecule has 0 spiro atoms. The van der Waals surface area contributed by atoms with Crippen LogP contribution in [0, 0.1) is 5.92 Å². The molecule has 4 aliphatic rings. The number of aliphatic hydroxyl groups excluding tert-OH is 2. The number of benzene rings is 2. The predicted molar refractivity (Wildman–Crippen MR) is 236 cm³/mol. The summed E-state index contributed by atoms with van der Waals surface area (Å²) in [4.78, 5) is 32.1. The number of rotatable bonds is 8. The van der Waals surface area contributed by atoms with Crippen molar-refractivity contribution in [2.75, 3.05) is 50.8 Å². The molecule has 10 nitrogen and oxygen atoms in total. The molecule has 1 saturated carbocycles. The van der Waals surface area contributed by atoms with Crippen LogP contribution >= 0.6 is 0 Å². The number of hydrogen-bond acceptors (Lipinski definition) is 9. The fourth-order valence-electron chi connectivity index (χ4n) is 6.31. The van der Waals surface area contributed by atoms with Crippen molar-refractivity contribution in [3.63, 3.8) is 0 Å². The van der Waals surface area contributed by atoms with Gasteiger partial charge in [0.25, 0.3) is 5.91 Å². The van der Waals surface area contributed by atoms with E-state index in [2.05, 4.69) is 24.1 Å². The van der Waals surface area contributed by atoms with Crippen molar-refractivity contribution in [3.05, 3.63) is 71.3 Å². The van der Waals surface area contributed by atoms with Gasteiger partial charge in [0.2, 0.25) is 0 Å². The molecule has 0 radical (unpaired) electrons. The van der Waals surface area contributed by atoms with E-state index in [0.717, 1.165) is 42.6 Å². The van der Waals surface area contributed by atoms with Gasteiger partial charge in [-0.3, -0.25) is 14.5 Å². The molecule has 1 saturated heterocycles. The van der Waals surface area contributed by atoms with Crippen LogP contribution in [0.15, 0.2) is 71.3 Å². The second-order valence-corrected chi connectivity index (χ2v) is 14.2. The van der Waals surface area contributed by atoms with Crippen molar-refractivity contribution >= 4 is 28.2 Å². The summed E-state index contributed by atoms with van der Waals surface area (Å²) in [6.07, 6.45) is 9.10. The number of likely N-dealkylation sites (tertiary alicyclic amines) is 1. The molecule has 2 aromatic carbocycles. The SMILES string of the molecule is CC.CC.CC1CC1.CCCNC(=O)C1=CN2C/C(=C\C(F)=C(\N(CC)CC(C)N)C(C)Oc3cc4ccccc4cc32)C1=O.CCN1CCCCC1O.CCO. The number of fused-ring (bicyclic) bond motifs is 5. The molecule has 2 fully saturated rings. The van der Waals surface area contributed by atoms with Crippen LogP contribution in [0.5, 0.6) is 5.75 Å². The molecular weight excluding hydrogens is 722 g/mol. The van der Waals surface area contributed by atoms with Crippen LogP contribution in [0.2, 0.25) is 0 Å². The summed E-state index contributed by atoms with van der Waals surface area (Å²) < 4.78 is 22.5. The number of nitrogens with two attached hydrogens (primary N) is 1. The smallest absolute Gasteiger partial charge is 0.256 e. The molecule has 322 valence electrons. The van der Waals surface area contributed by atoms with Gasteiger partial charge in [-0.1, -0.05) is 85.6 Å². The average molecular weight is 798 g/mol. The molecule has 1 amide bonds. The largest absolute Gasteiger partial charge is 0.482 e. The summed E-state index contributed by atoms with van der Waals surface area (Å²) in [5.41, 5.74) is 7.25. The lowest BCUT2D eigenvalue weighted by Crippen LogP contribution is -2.40. The van der Waals surface area contributed by atoms with Crippen molar-refractivity contribution in [2.24, 2.45) is 11.7 Å². The van der Waals surface area contributed by atoms with Crippen LogP contribution in [-0.4, -0.2) is 96.0 Å². The lowest BCUT2D eigenvalue weighted by molar-refractivity contribution is -0.121. The number of ether oxygens (including phenoxy) is 1. The molecule has 57 heavy (non-hydrogen) atoms. The van der Waals surface area contributed by atoms with E-state index in [1.54, 1.807) is 24.9 Å². The lowest BCUT2D eigenvalue weighted by Gasteiger charge is -2.35. The number of hydrogen-bond donors (Lipinski definition) is 4. The highest BCUT2D eigenvalue weighted by Crippen LogP contribution is 2.39. The van der Waals surface area contributed by atoms with Gasteiger partial charge in [-0.25, -0.2) is 4.39 Å². The van der Waals surface area contributed by atoms with Gasteiger partial charge in [-0.05, 0) is 94.8 Å². The Morgan fingerprint density at radius 1 is 1.04 bits per heavy atom. The molecular formula is C46H76FN5O5. The number of aliphatic hydroxyl groups is 2. The Balaban J connectivity index is 0.000000666. The van der Waals surface area contributed by atoms with E-state index in [9.17, 15) is 14.7 Å². The van der Waals surface area contributed by atoms with Gasteiger partial charge in [0.15, 0.2) is 5.78 Å². The van der Waals surface area contributed by atoms with Crippen LogP contribution in [0.3, 0.4) is 0 Å². The summed E-state index contributed by atoms with van der Waals surface area (Å²) in [6.45, 7) is 25.4. The summed E-state index contributed by atoms with van der Waals surface area (Å²) in [6, 6.07) is 11.6. The molecule has 6 rings (SSSR count). The van der Waals surface area contributed by atoms with Gasteiger partial charge in [-0.2, -0.15) is 0 Å². The first-order valence-electron chi connectivity index (χ1n) is 21.5. The lowest BCUT2D eigenvalue weighted by atomic mass is 9.96. The molecule has 3 atom stereocenters. The third-order valence-electron chi connectivity index (χ3n) is 9.40. The molecule has 0 aromatic heterocycles. The molecule has 2 bridgehead atoms. The fraction of sp³-hybridized carbons (Fsp3) is 0.609. The van der Waals surface area contributed by atoms with Crippen LogP contribution in [0.1, 0.15) is 115 Å². The normalized spacial score (nSPS) is 21.4. The third kappa shape index (κ3) is 16.6. The number of nitrogens with zero attached hydrogens (tertiary/aromatic N) is 3. The standard InChI is InChI=1S/C29H35FN4O3.C7H15NO.C4H8.C2H6O.2C2H6/c1-5-11-32-29(36)23-17-34-16-22(28(23)35)12-24(30)27(33(6-2)15-18(3)31)19(4)37-26-14-21-10-8-7-9-20(21)13-25(26)34;1-2-8-6-4-3-5-7(8)9;1-4-2-3-4;1-2-3;2*1-2/h7-10,12-14,17-19H,5-6,11,15-16,31H2,1-4H3,(H,32,36);7,9H,2-6H2,1H3;4H,2-3H2,1H3;3H,2H2,1H3;2*1-2H3/b22-12+,27-24-;;;;;. The van der Waals surface area contributed by atoms with Crippen LogP contribution in [0.25, 0.3) is 10.8 Å². The van der Waals surface area contributed by atoms with E-state index in [-0.39, 0.29) is 36.6 Å². The third-order valence-corrected chi connectivity index (χ3v) is 9.40. The van der Waals surface area contributed by atoms with Gasteiger partial charge in [0, 0.05) is 50.6 Å². The summed E-state index contributed by atoms with van der Waals surface area (Å²) in [5, 5.41) is 21.6. The number of piperidine rings is 1. The highest BCUT2D eigenvalue weighted by atomic mass is 19.1. The molecule has 2 aromatic rings. The van der Waals surface area contributed by atoms with Crippen LogP contribution in [-0.2, 0) is 9.59 Å². The molecule has 5 N–H and O–H groups in total. The first-order chi connectivity index (χ1) is 27.4. The van der Waals surface area contributed by atoms with Gasteiger partial charge in [0.1, 0.15) is 29.5 Å². The summed E-state index contributed by atoms with van der Waals surface area (Å²) >= 11 is 0. The van der Waals surface area contributed by atoms with Crippen molar-refractivity contribution < 1.29 is 28.9 Å². The van der Waals surface area contributed by atoms with E-state index in [1.807, 2.05) is 89.8 Å². The minimum atomic E-state index is -0.665. The highest BCUT2D eigenvalue weighted by molar-refractivity contribution is 6.27. The maximum atomic E-state index is 16.0. The Bertz CT molecular complexity index is 1590. The maximum Gasteiger partial charge on any atom is 0.256 e. The second kappa shape index (κ2) is 27.8. The number of carbonyl (C=O) groups is 2. The number of halogens is 1. The zero-order valence-electron chi connectivity index (χ0n) is 37.0. The number of likely N-dealkylation sites (N-methyl/N-ethyl adjacent to an activating group) is 1. The van der Waals surface area contributed by atoms with E-state index < -0.39 is 23.6 Å². The maximum absolute atomic E-state index is 16.0. The number of nitrogens with one attached hydrogen (secondary N) is 1. The zero-order valence-corrected chi connectivity index (χ0v) is 37.0. The van der Waals surface area contributed by atoms with Gasteiger partial charge in [-0.15, -0.1) is 0 Å². The number of anilines is 1. The van der Waals surface area contributed by atoms with Crippen LogP contribution < -0.4 is 20.7 Å². The number of ketones is 1. The quantitative estimate of drug-likeness (QED) is 0.194. The fourth-order valence-corrected chi connectivity index (χ4v) is 6.31. The highest BCUT2D eigenvalue weighted by Gasteiger charge is 2.33. The average Bonchev–Trinajstić information content (AvgIpc) is 4.01. The Labute approximate surface area is 344 Å². The van der Waals surface area contributed by atoms with E-state index in [1.165, 1.54) is 31.8 Å². The Morgan fingerprint density at radius 2 is 1.63 bits per heavy atom. The predicted octanol–water partition coefficient (Wildman–Crippen LogP) is 8.47. The Morgan fingerprint density at radius 3 is 2.12 bits per heavy atom. The summed E-state index contributed by atoms with van der Waals surface area (Å²) in [5.74, 6) is 0.0882. The second-order valence-electron chi connectivity index (χ2n) is 14.2. The van der Waals surface area contributed by atoms with Crippen LogP contribution in [0.4, 0.5) is 10.1 Å². The molecule has 1 aliphatic carbocycles.